The number of amides is 1. The van der Waals surface area contributed by atoms with Gasteiger partial charge in [0.25, 0.3) is 5.91 Å². The molecule has 0 spiro atoms. The molecule has 3 aliphatic rings. The Morgan fingerprint density at radius 3 is 2.50 bits per heavy atom. The number of piperidine rings is 1. The maximum absolute atomic E-state index is 14.3. The van der Waals surface area contributed by atoms with E-state index in [0.29, 0.717) is 10.3 Å². The van der Waals surface area contributed by atoms with Gasteiger partial charge in [-0.15, -0.1) is 5.10 Å². The van der Waals surface area contributed by atoms with Gasteiger partial charge in [-0.05, 0) is 91.6 Å². The minimum absolute atomic E-state index is 0.0270. The van der Waals surface area contributed by atoms with E-state index < -0.39 is 0 Å². The lowest BCUT2D eigenvalue weighted by molar-refractivity contribution is 0.0521. The van der Waals surface area contributed by atoms with Gasteiger partial charge in [-0.3, -0.25) is 9.78 Å². The van der Waals surface area contributed by atoms with Crippen LogP contribution in [-0.4, -0.2) is 64.9 Å². The van der Waals surface area contributed by atoms with Crippen LogP contribution in [0.2, 0.25) is 0 Å². The van der Waals surface area contributed by atoms with Crippen molar-refractivity contribution in [1.29, 1.82) is 0 Å². The SMILES string of the molecule is NC1CCC(Nc2c(C(=O)N3[C@@H]4CC[C@H]3CC(n3nnc5cccnc53)C4)nc(Br)c3cccnc23)CC1. The Morgan fingerprint density at radius 2 is 1.71 bits per heavy atom. The number of hydrogen-bond acceptors (Lipinski definition) is 8. The number of carbonyl (C=O) groups is 1. The summed E-state index contributed by atoms with van der Waals surface area (Å²) >= 11 is 3.62. The van der Waals surface area contributed by atoms with Crippen LogP contribution in [0.25, 0.3) is 22.1 Å². The molecule has 3 fully saturated rings. The monoisotopic (exact) mass is 575 g/mol. The molecule has 10 nitrogen and oxygen atoms in total. The summed E-state index contributed by atoms with van der Waals surface area (Å²) in [5, 5.41) is 13.3. The smallest absolute Gasteiger partial charge is 0.275 e. The number of hydrogen-bond donors (Lipinski definition) is 2. The highest BCUT2D eigenvalue weighted by atomic mass is 79.9. The normalized spacial score (nSPS) is 27.2. The van der Waals surface area contributed by atoms with Gasteiger partial charge in [0.1, 0.15) is 10.1 Å². The van der Waals surface area contributed by atoms with Crippen molar-refractivity contribution >= 4 is 49.6 Å². The van der Waals surface area contributed by atoms with Crippen LogP contribution in [0.3, 0.4) is 0 Å². The number of halogens is 1. The summed E-state index contributed by atoms with van der Waals surface area (Å²) < 4.78 is 2.60. The van der Waals surface area contributed by atoms with Crippen molar-refractivity contribution in [2.75, 3.05) is 5.32 Å². The Bertz CT molecular complexity index is 1500. The highest BCUT2D eigenvalue weighted by molar-refractivity contribution is 9.10. The van der Waals surface area contributed by atoms with E-state index in [2.05, 4.69) is 46.4 Å². The average molecular weight is 577 g/mol. The fourth-order valence-corrected chi connectivity index (χ4v) is 7.18. The van der Waals surface area contributed by atoms with Gasteiger partial charge in [0, 0.05) is 41.9 Å². The Balaban J connectivity index is 1.21. The number of nitrogens with two attached hydrogens (primary N) is 1. The number of pyridine rings is 3. The number of carbonyl (C=O) groups excluding carboxylic acids is 1. The van der Waals surface area contributed by atoms with Crippen LogP contribution in [0, 0.1) is 0 Å². The molecule has 11 heteroatoms. The molecule has 4 aromatic heterocycles. The predicted octanol–water partition coefficient (Wildman–Crippen LogP) is 4.22. The zero-order chi connectivity index (χ0) is 25.8. The van der Waals surface area contributed by atoms with E-state index in [1.54, 1.807) is 12.4 Å². The van der Waals surface area contributed by atoms with Crippen molar-refractivity contribution < 1.29 is 4.79 Å². The third-order valence-corrected chi connectivity index (χ3v) is 9.16. The van der Waals surface area contributed by atoms with Crippen LogP contribution < -0.4 is 11.1 Å². The standard InChI is InChI=1S/C27H30BrN9O/c28-25-20-3-1-11-30-22(20)23(32-16-7-5-15(29)6-8-16)24(33-25)27(38)36-17-9-10-18(36)14-19(13-17)37-26-21(34-35-37)4-2-12-31-26/h1-4,11-12,15-19,32H,5-10,13-14,29H2/t15?,16?,17-,18+,19?. The lowest BCUT2D eigenvalue weighted by Gasteiger charge is -2.39. The highest BCUT2D eigenvalue weighted by Crippen LogP contribution is 2.43. The van der Waals surface area contributed by atoms with Crippen molar-refractivity contribution in [3.63, 3.8) is 0 Å². The van der Waals surface area contributed by atoms with Gasteiger partial charge in [0.2, 0.25) is 0 Å². The summed E-state index contributed by atoms with van der Waals surface area (Å²) in [6, 6.07) is 8.59. The van der Waals surface area contributed by atoms with Gasteiger partial charge in [-0.1, -0.05) is 5.21 Å². The van der Waals surface area contributed by atoms with Gasteiger partial charge < -0.3 is 16.0 Å². The Morgan fingerprint density at radius 1 is 0.974 bits per heavy atom. The van der Waals surface area contributed by atoms with Crippen molar-refractivity contribution in [2.45, 2.75) is 81.6 Å². The first-order valence-electron chi connectivity index (χ1n) is 13.5. The van der Waals surface area contributed by atoms with E-state index in [4.69, 9.17) is 10.7 Å². The highest BCUT2D eigenvalue weighted by Gasteiger charge is 2.45. The first-order valence-corrected chi connectivity index (χ1v) is 14.3. The molecule has 1 saturated carbocycles. The molecule has 7 rings (SSSR count). The van der Waals surface area contributed by atoms with Gasteiger partial charge >= 0.3 is 0 Å². The first-order chi connectivity index (χ1) is 18.6. The largest absolute Gasteiger partial charge is 0.379 e. The molecule has 2 bridgehead atoms. The maximum Gasteiger partial charge on any atom is 0.275 e. The first kappa shape index (κ1) is 23.9. The number of aromatic nitrogens is 6. The van der Waals surface area contributed by atoms with Crippen LogP contribution in [0.15, 0.2) is 41.3 Å². The van der Waals surface area contributed by atoms with Crippen molar-refractivity contribution in [3.8, 4) is 0 Å². The molecular formula is C27H30BrN9O. The number of anilines is 1. The molecule has 1 unspecified atom stereocenters. The van der Waals surface area contributed by atoms with Crippen LogP contribution in [0.5, 0.6) is 0 Å². The average Bonchev–Trinajstić information content (AvgIpc) is 3.49. The summed E-state index contributed by atoms with van der Waals surface area (Å²) in [4.78, 5) is 30.4. The van der Waals surface area contributed by atoms with Gasteiger partial charge in [-0.25, -0.2) is 14.6 Å². The Kier molecular flexibility index (Phi) is 6.00. The van der Waals surface area contributed by atoms with Crippen LogP contribution in [0.4, 0.5) is 5.69 Å². The summed E-state index contributed by atoms with van der Waals surface area (Å²) in [6.07, 6.45) is 11.0. The third-order valence-electron chi connectivity index (χ3n) is 8.56. The van der Waals surface area contributed by atoms with Crippen LogP contribution in [0.1, 0.15) is 67.9 Å². The molecule has 0 radical (unpaired) electrons. The fraction of sp³-hybridized carbons (Fsp3) is 0.481. The number of fused-ring (bicyclic) bond motifs is 4. The van der Waals surface area contributed by atoms with Crippen molar-refractivity contribution in [3.05, 3.63) is 47.0 Å². The topological polar surface area (TPSA) is 128 Å². The lowest BCUT2D eigenvalue weighted by Crippen LogP contribution is -2.47. The molecule has 0 aromatic carbocycles. The molecule has 2 saturated heterocycles. The van der Waals surface area contributed by atoms with E-state index in [9.17, 15) is 4.79 Å². The molecule has 38 heavy (non-hydrogen) atoms. The minimum atomic E-state index is -0.0270. The summed E-state index contributed by atoms with van der Waals surface area (Å²) in [5.41, 5.74) is 9.72. The van der Waals surface area contributed by atoms with Gasteiger partial charge in [0.05, 0.1) is 17.2 Å². The molecule has 3 atom stereocenters. The van der Waals surface area contributed by atoms with Gasteiger partial charge in [-0.2, -0.15) is 0 Å². The molecule has 4 aromatic rings. The summed E-state index contributed by atoms with van der Waals surface area (Å²) in [6.45, 7) is 0. The van der Waals surface area contributed by atoms with E-state index in [1.165, 1.54) is 0 Å². The van der Waals surface area contributed by atoms with Crippen molar-refractivity contribution in [2.24, 2.45) is 5.73 Å². The Hall–Kier alpha value is -3.18. The molecule has 6 heterocycles. The Labute approximate surface area is 228 Å². The zero-order valence-electron chi connectivity index (χ0n) is 21.0. The maximum atomic E-state index is 14.3. The van der Waals surface area contributed by atoms with Crippen molar-refractivity contribution in [1.82, 2.24) is 34.8 Å². The van der Waals surface area contributed by atoms with E-state index in [-0.39, 0.29) is 36.1 Å². The fourth-order valence-electron chi connectivity index (χ4n) is 6.69. The van der Waals surface area contributed by atoms with E-state index in [0.717, 1.165) is 79.1 Å². The molecular weight excluding hydrogens is 546 g/mol. The summed E-state index contributed by atoms with van der Waals surface area (Å²) in [7, 11) is 0. The second-order valence-electron chi connectivity index (χ2n) is 10.9. The van der Waals surface area contributed by atoms with Gasteiger partial charge in [0.15, 0.2) is 11.3 Å². The molecule has 196 valence electrons. The van der Waals surface area contributed by atoms with E-state index >= 15 is 0 Å². The zero-order valence-corrected chi connectivity index (χ0v) is 22.6. The van der Waals surface area contributed by atoms with E-state index in [1.807, 2.05) is 28.9 Å². The second kappa shape index (κ2) is 9.53. The number of nitrogens with one attached hydrogen (secondary N) is 1. The number of rotatable bonds is 4. The summed E-state index contributed by atoms with van der Waals surface area (Å²) in [5.74, 6) is -0.0270. The van der Waals surface area contributed by atoms with Crippen LogP contribution in [-0.2, 0) is 0 Å². The molecule has 3 N–H and O–H groups in total. The molecule has 2 aliphatic heterocycles. The third kappa shape index (κ3) is 4.03. The predicted molar refractivity (Wildman–Crippen MR) is 148 cm³/mol. The second-order valence-corrected chi connectivity index (χ2v) is 11.6. The minimum Gasteiger partial charge on any atom is -0.379 e. The lowest BCUT2D eigenvalue weighted by atomic mass is 9.91. The number of nitrogens with zero attached hydrogens (tertiary/aromatic N) is 7. The molecule has 1 aliphatic carbocycles. The molecule has 1 amide bonds. The quantitative estimate of drug-likeness (QED) is 0.346. The van der Waals surface area contributed by atoms with Crippen LogP contribution >= 0.6 is 15.9 Å².